The van der Waals surface area contributed by atoms with Gasteiger partial charge < -0.3 is 16.0 Å². The highest BCUT2D eigenvalue weighted by Gasteiger charge is 2.09. The van der Waals surface area contributed by atoms with E-state index in [9.17, 15) is 14.4 Å². The van der Waals surface area contributed by atoms with Crippen molar-refractivity contribution in [2.75, 3.05) is 17.2 Å². The molecule has 7 heteroatoms. The second kappa shape index (κ2) is 9.72. The molecule has 1 aromatic carbocycles. The Kier molecular flexibility index (Phi) is 7.35. The average molecular weight is 373 g/mol. The monoisotopic (exact) mass is 373 g/mol. The van der Waals surface area contributed by atoms with Crippen LogP contribution in [0.2, 0.25) is 0 Å². The molecule has 3 amide bonds. The minimum absolute atomic E-state index is 0.0741. The van der Waals surface area contributed by atoms with Crippen LogP contribution in [-0.4, -0.2) is 24.3 Å². The summed E-state index contributed by atoms with van der Waals surface area (Å²) in [6.45, 7) is 4.07. The number of rotatable bonds is 8. The Morgan fingerprint density at radius 1 is 1.04 bits per heavy atom. The summed E-state index contributed by atoms with van der Waals surface area (Å²) in [5.74, 6) is -0.440. The van der Waals surface area contributed by atoms with Crippen LogP contribution in [0.5, 0.6) is 0 Å². The lowest BCUT2D eigenvalue weighted by molar-refractivity contribution is -0.119. The van der Waals surface area contributed by atoms with Crippen LogP contribution in [0.3, 0.4) is 0 Å². The van der Waals surface area contributed by atoms with Gasteiger partial charge in [0, 0.05) is 30.3 Å². The molecular weight excluding hydrogens is 350 g/mol. The first-order chi connectivity index (χ1) is 12.5. The fourth-order valence-electron chi connectivity index (χ4n) is 2.13. The molecule has 0 spiro atoms. The quantitative estimate of drug-likeness (QED) is 0.619. The minimum Gasteiger partial charge on any atom is -0.351 e. The molecular formula is C19H23N3O3S. The molecule has 138 valence electrons. The van der Waals surface area contributed by atoms with E-state index in [1.807, 2.05) is 25.3 Å². The largest absolute Gasteiger partial charge is 0.351 e. The summed E-state index contributed by atoms with van der Waals surface area (Å²) >= 11 is 1.38. The van der Waals surface area contributed by atoms with E-state index < -0.39 is 0 Å². The second-order valence-corrected chi connectivity index (χ2v) is 7.06. The number of carbonyl (C=O) groups excluding carboxylic acids is 3. The molecule has 0 aliphatic carbocycles. The fraction of sp³-hybridized carbons (Fsp3) is 0.316. The van der Waals surface area contributed by atoms with E-state index in [2.05, 4.69) is 16.0 Å². The molecule has 0 fully saturated rings. The Hall–Kier alpha value is -2.67. The highest BCUT2D eigenvalue weighted by atomic mass is 32.1. The Morgan fingerprint density at radius 2 is 1.77 bits per heavy atom. The van der Waals surface area contributed by atoms with Crippen molar-refractivity contribution in [2.45, 2.75) is 26.7 Å². The van der Waals surface area contributed by atoms with Crippen LogP contribution in [-0.2, 0) is 9.59 Å². The molecule has 0 unspecified atom stereocenters. The van der Waals surface area contributed by atoms with Crippen molar-refractivity contribution in [2.24, 2.45) is 5.92 Å². The molecule has 0 saturated heterocycles. The van der Waals surface area contributed by atoms with Crippen LogP contribution in [0.15, 0.2) is 41.8 Å². The standard InChI is InChI=1S/C19H23N3O3S/c1-13(2)18(24)22-15-7-3-6-14(12-15)21-17(23)9-4-10-20-19(25)16-8-5-11-26-16/h3,5-8,11-13H,4,9-10H2,1-2H3,(H,20,25)(H,21,23)(H,22,24). The van der Waals surface area contributed by atoms with E-state index in [4.69, 9.17) is 0 Å². The Labute approximate surface area is 157 Å². The van der Waals surface area contributed by atoms with E-state index in [0.29, 0.717) is 35.6 Å². The summed E-state index contributed by atoms with van der Waals surface area (Å²) < 4.78 is 0. The maximum absolute atomic E-state index is 12.0. The summed E-state index contributed by atoms with van der Waals surface area (Å²) in [4.78, 5) is 36.2. The van der Waals surface area contributed by atoms with E-state index >= 15 is 0 Å². The van der Waals surface area contributed by atoms with Gasteiger partial charge in [-0.05, 0) is 36.1 Å². The summed E-state index contributed by atoms with van der Waals surface area (Å²) in [5, 5.41) is 10.2. The molecule has 0 radical (unpaired) electrons. The first kappa shape index (κ1) is 19.7. The maximum atomic E-state index is 12.0. The van der Waals surface area contributed by atoms with E-state index in [1.54, 1.807) is 30.3 Å². The van der Waals surface area contributed by atoms with Gasteiger partial charge in [0.15, 0.2) is 0 Å². The van der Waals surface area contributed by atoms with Crippen molar-refractivity contribution in [3.8, 4) is 0 Å². The molecule has 1 heterocycles. The molecule has 0 aliphatic rings. The SMILES string of the molecule is CC(C)C(=O)Nc1cccc(NC(=O)CCCNC(=O)c2cccs2)c1. The van der Waals surface area contributed by atoms with Gasteiger partial charge in [0.1, 0.15) is 0 Å². The molecule has 6 nitrogen and oxygen atoms in total. The van der Waals surface area contributed by atoms with Crippen LogP contribution in [0.1, 0.15) is 36.4 Å². The lowest BCUT2D eigenvalue weighted by atomic mass is 10.2. The van der Waals surface area contributed by atoms with Gasteiger partial charge in [0.2, 0.25) is 11.8 Å². The topological polar surface area (TPSA) is 87.3 Å². The Balaban J connectivity index is 1.73. The van der Waals surface area contributed by atoms with Crippen molar-refractivity contribution in [1.29, 1.82) is 0 Å². The van der Waals surface area contributed by atoms with Crippen LogP contribution in [0, 0.1) is 5.92 Å². The Morgan fingerprint density at radius 3 is 2.42 bits per heavy atom. The van der Waals surface area contributed by atoms with Crippen molar-refractivity contribution in [3.63, 3.8) is 0 Å². The van der Waals surface area contributed by atoms with Crippen molar-refractivity contribution in [3.05, 3.63) is 46.7 Å². The number of amides is 3. The number of nitrogens with one attached hydrogen (secondary N) is 3. The zero-order chi connectivity index (χ0) is 18.9. The summed E-state index contributed by atoms with van der Waals surface area (Å²) in [6, 6.07) is 10.6. The van der Waals surface area contributed by atoms with Crippen LogP contribution in [0.25, 0.3) is 0 Å². The predicted octanol–water partition coefficient (Wildman–Crippen LogP) is 3.49. The number of benzene rings is 1. The number of hydrogen-bond acceptors (Lipinski definition) is 4. The molecule has 1 aromatic heterocycles. The first-order valence-electron chi connectivity index (χ1n) is 8.48. The number of hydrogen-bond donors (Lipinski definition) is 3. The zero-order valence-electron chi connectivity index (χ0n) is 14.9. The third kappa shape index (κ3) is 6.33. The third-order valence-corrected chi connectivity index (χ3v) is 4.42. The number of carbonyl (C=O) groups is 3. The molecule has 0 atom stereocenters. The van der Waals surface area contributed by atoms with Gasteiger partial charge in [-0.15, -0.1) is 11.3 Å². The van der Waals surface area contributed by atoms with E-state index in [0.717, 1.165) is 0 Å². The molecule has 0 aliphatic heterocycles. The number of thiophene rings is 1. The van der Waals surface area contributed by atoms with Gasteiger partial charge in [-0.3, -0.25) is 14.4 Å². The van der Waals surface area contributed by atoms with Crippen LogP contribution in [0.4, 0.5) is 11.4 Å². The maximum Gasteiger partial charge on any atom is 0.261 e. The highest BCUT2D eigenvalue weighted by Crippen LogP contribution is 2.16. The summed E-state index contributed by atoms with van der Waals surface area (Å²) in [7, 11) is 0. The normalized spacial score (nSPS) is 10.4. The lowest BCUT2D eigenvalue weighted by Gasteiger charge is -2.10. The van der Waals surface area contributed by atoms with Gasteiger partial charge >= 0.3 is 0 Å². The molecule has 26 heavy (non-hydrogen) atoms. The molecule has 2 aromatic rings. The second-order valence-electron chi connectivity index (χ2n) is 6.11. The molecule has 3 N–H and O–H groups in total. The molecule has 0 bridgehead atoms. The van der Waals surface area contributed by atoms with Gasteiger partial charge in [0.25, 0.3) is 5.91 Å². The first-order valence-corrected chi connectivity index (χ1v) is 9.36. The van der Waals surface area contributed by atoms with E-state index in [1.165, 1.54) is 11.3 Å². The molecule has 2 rings (SSSR count). The third-order valence-electron chi connectivity index (χ3n) is 3.55. The van der Waals surface area contributed by atoms with Gasteiger partial charge in [-0.1, -0.05) is 26.0 Å². The Bertz CT molecular complexity index is 757. The van der Waals surface area contributed by atoms with Crippen molar-refractivity contribution >= 4 is 40.4 Å². The van der Waals surface area contributed by atoms with Crippen LogP contribution >= 0.6 is 11.3 Å². The predicted molar refractivity (Wildman–Crippen MR) is 104 cm³/mol. The summed E-state index contributed by atoms with van der Waals surface area (Å²) in [6.07, 6.45) is 0.847. The average Bonchev–Trinajstić information content (AvgIpc) is 3.13. The lowest BCUT2D eigenvalue weighted by Crippen LogP contribution is -2.24. The van der Waals surface area contributed by atoms with Crippen molar-refractivity contribution < 1.29 is 14.4 Å². The van der Waals surface area contributed by atoms with Gasteiger partial charge in [0.05, 0.1) is 4.88 Å². The smallest absolute Gasteiger partial charge is 0.261 e. The zero-order valence-corrected chi connectivity index (χ0v) is 15.7. The summed E-state index contributed by atoms with van der Waals surface area (Å²) in [5.41, 5.74) is 1.27. The van der Waals surface area contributed by atoms with E-state index in [-0.39, 0.29) is 23.6 Å². The van der Waals surface area contributed by atoms with Crippen molar-refractivity contribution in [1.82, 2.24) is 5.32 Å². The minimum atomic E-state index is -0.136. The number of anilines is 2. The molecule has 0 saturated carbocycles. The highest BCUT2D eigenvalue weighted by molar-refractivity contribution is 7.12. The van der Waals surface area contributed by atoms with Gasteiger partial charge in [-0.25, -0.2) is 0 Å². The van der Waals surface area contributed by atoms with Crippen LogP contribution < -0.4 is 16.0 Å². The fourth-order valence-corrected chi connectivity index (χ4v) is 2.77. The van der Waals surface area contributed by atoms with Gasteiger partial charge in [-0.2, -0.15) is 0 Å².